The Morgan fingerprint density at radius 3 is 1.47 bits per heavy atom. The molecule has 0 aliphatic carbocycles. The average Bonchev–Trinajstić information content (AvgIpc) is 3.18. The molecule has 0 aromatic carbocycles. The van der Waals surface area contributed by atoms with Crippen LogP contribution >= 0.6 is 0 Å². The minimum atomic E-state index is -0.792. The first-order valence-corrected chi connectivity index (χ1v) is 23.4. The molecule has 0 spiro atoms. The monoisotopic (exact) mass is 772 g/mol. The summed E-state index contributed by atoms with van der Waals surface area (Å²) in [6.45, 7) is 6.38. The molecule has 0 fully saturated rings. The van der Waals surface area contributed by atoms with Crippen molar-refractivity contribution in [3.05, 3.63) is 48.6 Å². The molecule has 3 N–H and O–H groups in total. The molecule has 0 aromatic heterocycles. The Morgan fingerprint density at radius 2 is 0.927 bits per heavy atom. The number of carbonyl (C=O) groups excluding carboxylic acids is 2. The molecule has 0 aromatic rings. The second-order valence-electron chi connectivity index (χ2n) is 15.8. The summed E-state index contributed by atoms with van der Waals surface area (Å²) in [5.41, 5.74) is 0. The number of carbonyl (C=O) groups is 2. The van der Waals surface area contributed by atoms with Crippen molar-refractivity contribution in [1.29, 1.82) is 0 Å². The SMILES string of the molecule is CCCCC/C=C\C/C=C\C/C=C\CCCCCCC(=O)OC(CCCCC/C=C\CCCCC)CC(=O)NC(CO)C(O)CCCCCCCCCCC. The third kappa shape index (κ3) is 38.5. The van der Waals surface area contributed by atoms with Gasteiger partial charge in [-0.2, -0.15) is 0 Å². The lowest BCUT2D eigenvalue weighted by molar-refractivity contribution is -0.151. The molecule has 3 atom stereocenters. The normalized spacial score (nSPS) is 13.8. The van der Waals surface area contributed by atoms with Gasteiger partial charge in [0.25, 0.3) is 0 Å². The van der Waals surface area contributed by atoms with Gasteiger partial charge in [-0.25, -0.2) is 0 Å². The van der Waals surface area contributed by atoms with Gasteiger partial charge < -0.3 is 20.3 Å². The fraction of sp³-hybridized carbons (Fsp3) is 0.796. The zero-order valence-corrected chi connectivity index (χ0v) is 36.3. The van der Waals surface area contributed by atoms with Crippen molar-refractivity contribution < 1.29 is 24.5 Å². The summed E-state index contributed by atoms with van der Waals surface area (Å²) in [4.78, 5) is 26.0. The molecule has 6 heteroatoms. The van der Waals surface area contributed by atoms with E-state index < -0.39 is 18.2 Å². The molecule has 0 saturated carbocycles. The Bertz CT molecular complexity index is 957. The summed E-state index contributed by atoms with van der Waals surface area (Å²) in [5, 5.41) is 23.6. The van der Waals surface area contributed by atoms with E-state index in [9.17, 15) is 19.8 Å². The van der Waals surface area contributed by atoms with Crippen molar-refractivity contribution in [3.63, 3.8) is 0 Å². The standard InChI is InChI=1S/C49H89NO5/c1-4-7-10-13-16-19-21-22-23-24-25-26-27-30-33-36-39-42-49(54)55-45(40-37-34-31-29-20-17-14-11-8-5-2)43-48(53)50-46(44-51)47(52)41-38-35-32-28-18-15-12-9-6-3/h16-17,19-20,22-23,25-26,45-47,51-52H,4-15,18,21,24,27-44H2,1-3H3,(H,50,53)/b19-16-,20-17-,23-22-,26-25-. The number of unbranched alkanes of at least 4 members (excludes halogenated alkanes) is 21. The van der Waals surface area contributed by atoms with Crippen molar-refractivity contribution in [2.75, 3.05) is 6.61 Å². The van der Waals surface area contributed by atoms with E-state index >= 15 is 0 Å². The molecule has 3 unspecified atom stereocenters. The fourth-order valence-electron chi connectivity index (χ4n) is 6.78. The van der Waals surface area contributed by atoms with Crippen LogP contribution in [-0.4, -0.2) is 46.9 Å². The highest BCUT2D eigenvalue weighted by Gasteiger charge is 2.24. The van der Waals surface area contributed by atoms with Crippen molar-refractivity contribution in [2.24, 2.45) is 0 Å². The summed E-state index contributed by atoms with van der Waals surface area (Å²) in [7, 11) is 0. The molecule has 1 amide bonds. The topological polar surface area (TPSA) is 95.9 Å². The molecule has 0 bridgehead atoms. The van der Waals surface area contributed by atoms with Gasteiger partial charge in [0.05, 0.1) is 25.2 Å². The Hall–Kier alpha value is -2.18. The maximum atomic E-state index is 13.1. The maximum Gasteiger partial charge on any atom is 0.306 e. The number of aliphatic hydroxyl groups excluding tert-OH is 2. The predicted octanol–water partition coefficient (Wildman–Crippen LogP) is 13.5. The van der Waals surface area contributed by atoms with Crippen LogP contribution < -0.4 is 5.32 Å². The van der Waals surface area contributed by atoms with Gasteiger partial charge in [-0.1, -0.05) is 172 Å². The number of aliphatic hydroxyl groups is 2. The van der Waals surface area contributed by atoms with Crippen molar-refractivity contribution in [3.8, 4) is 0 Å². The van der Waals surface area contributed by atoms with Gasteiger partial charge in [-0.05, 0) is 89.9 Å². The second kappa shape index (κ2) is 43.0. The summed E-state index contributed by atoms with van der Waals surface area (Å²) >= 11 is 0. The first-order valence-electron chi connectivity index (χ1n) is 23.4. The van der Waals surface area contributed by atoms with Gasteiger partial charge in [-0.3, -0.25) is 9.59 Å². The molecule has 0 aliphatic heterocycles. The highest BCUT2D eigenvalue weighted by atomic mass is 16.5. The zero-order valence-electron chi connectivity index (χ0n) is 36.3. The summed E-state index contributed by atoms with van der Waals surface area (Å²) in [5.74, 6) is -0.518. The Balaban J connectivity index is 4.59. The quantitative estimate of drug-likeness (QED) is 0.0327. The number of nitrogens with one attached hydrogen (secondary N) is 1. The molecular formula is C49H89NO5. The number of hydrogen-bond acceptors (Lipinski definition) is 5. The van der Waals surface area contributed by atoms with Crippen LogP contribution in [0.25, 0.3) is 0 Å². The minimum Gasteiger partial charge on any atom is -0.462 e. The molecule has 0 aliphatic rings. The van der Waals surface area contributed by atoms with Crippen molar-refractivity contribution in [2.45, 2.75) is 244 Å². The second-order valence-corrected chi connectivity index (χ2v) is 15.8. The van der Waals surface area contributed by atoms with E-state index in [2.05, 4.69) is 74.7 Å². The molecule has 6 nitrogen and oxygen atoms in total. The number of rotatable bonds is 41. The van der Waals surface area contributed by atoms with Crippen LogP contribution in [0, 0.1) is 0 Å². The van der Waals surface area contributed by atoms with E-state index in [-0.39, 0.29) is 24.9 Å². The largest absolute Gasteiger partial charge is 0.462 e. The molecule has 320 valence electrons. The Labute approximate surface area is 340 Å². The average molecular weight is 772 g/mol. The van der Waals surface area contributed by atoms with E-state index in [1.807, 2.05) is 0 Å². The highest BCUT2D eigenvalue weighted by Crippen LogP contribution is 2.17. The van der Waals surface area contributed by atoms with Crippen LogP contribution in [0.3, 0.4) is 0 Å². The van der Waals surface area contributed by atoms with Gasteiger partial charge in [0.1, 0.15) is 6.10 Å². The lowest BCUT2D eigenvalue weighted by atomic mass is 10.0. The van der Waals surface area contributed by atoms with Crippen LogP contribution in [0.2, 0.25) is 0 Å². The third-order valence-electron chi connectivity index (χ3n) is 10.4. The fourth-order valence-corrected chi connectivity index (χ4v) is 6.78. The number of allylic oxidation sites excluding steroid dienone is 8. The molecule has 0 saturated heterocycles. The van der Waals surface area contributed by atoms with Gasteiger partial charge in [0.2, 0.25) is 5.91 Å². The van der Waals surface area contributed by atoms with E-state index in [0.29, 0.717) is 19.3 Å². The highest BCUT2D eigenvalue weighted by molar-refractivity contribution is 5.77. The first-order chi connectivity index (χ1) is 27.0. The molecular weight excluding hydrogens is 683 g/mol. The smallest absolute Gasteiger partial charge is 0.306 e. The number of ether oxygens (including phenoxy) is 1. The van der Waals surface area contributed by atoms with Crippen molar-refractivity contribution in [1.82, 2.24) is 5.32 Å². The Morgan fingerprint density at radius 1 is 0.527 bits per heavy atom. The summed E-state index contributed by atoms with van der Waals surface area (Å²) in [6.07, 6.45) is 50.3. The minimum absolute atomic E-state index is 0.0571. The van der Waals surface area contributed by atoms with E-state index in [4.69, 9.17) is 4.74 Å². The van der Waals surface area contributed by atoms with Crippen LogP contribution in [-0.2, 0) is 14.3 Å². The maximum absolute atomic E-state index is 13.1. The summed E-state index contributed by atoms with van der Waals surface area (Å²) in [6, 6.07) is -0.708. The van der Waals surface area contributed by atoms with Crippen LogP contribution in [0.4, 0.5) is 0 Å². The van der Waals surface area contributed by atoms with E-state index in [0.717, 1.165) is 96.3 Å². The van der Waals surface area contributed by atoms with Gasteiger partial charge in [0.15, 0.2) is 0 Å². The van der Waals surface area contributed by atoms with Gasteiger partial charge in [0, 0.05) is 6.42 Å². The summed E-state index contributed by atoms with van der Waals surface area (Å²) < 4.78 is 5.88. The predicted molar refractivity (Wildman–Crippen MR) is 236 cm³/mol. The molecule has 0 heterocycles. The lowest BCUT2D eigenvalue weighted by Gasteiger charge is -2.24. The number of hydrogen-bond donors (Lipinski definition) is 3. The van der Waals surface area contributed by atoms with Gasteiger partial charge >= 0.3 is 5.97 Å². The number of amides is 1. The molecule has 55 heavy (non-hydrogen) atoms. The third-order valence-corrected chi connectivity index (χ3v) is 10.4. The van der Waals surface area contributed by atoms with E-state index in [1.165, 1.54) is 83.5 Å². The molecule has 0 rings (SSSR count). The number of esters is 1. The Kier molecular flexibility index (Phi) is 41.2. The van der Waals surface area contributed by atoms with Crippen LogP contribution in [0.15, 0.2) is 48.6 Å². The first kappa shape index (κ1) is 52.8. The van der Waals surface area contributed by atoms with Crippen LogP contribution in [0.1, 0.15) is 226 Å². The van der Waals surface area contributed by atoms with Gasteiger partial charge in [-0.15, -0.1) is 0 Å². The zero-order chi connectivity index (χ0) is 40.3. The van der Waals surface area contributed by atoms with Crippen molar-refractivity contribution >= 4 is 11.9 Å². The lowest BCUT2D eigenvalue weighted by Crippen LogP contribution is -2.46. The molecule has 0 radical (unpaired) electrons. The van der Waals surface area contributed by atoms with E-state index in [1.54, 1.807) is 0 Å². The van der Waals surface area contributed by atoms with Crippen LogP contribution in [0.5, 0.6) is 0 Å².